The summed E-state index contributed by atoms with van der Waals surface area (Å²) in [5.41, 5.74) is 1.35. The molecule has 2 N–H and O–H groups in total. The predicted octanol–water partition coefficient (Wildman–Crippen LogP) is 1.99. The topological polar surface area (TPSA) is 84.2 Å². The van der Waals surface area contributed by atoms with Gasteiger partial charge in [-0.2, -0.15) is 5.10 Å². The summed E-state index contributed by atoms with van der Waals surface area (Å²) in [6.07, 6.45) is 1.61. The molecule has 6 nitrogen and oxygen atoms in total. The normalized spacial score (nSPS) is 12.4. The van der Waals surface area contributed by atoms with E-state index in [2.05, 4.69) is 24.3 Å². The number of aryl methyl sites for hydroxylation is 2. The van der Waals surface area contributed by atoms with E-state index in [1.54, 1.807) is 17.8 Å². The Morgan fingerprint density at radius 2 is 2.05 bits per heavy atom. The van der Waals surface area contributed by atoms with Gasteiger partial charge in [-0.05, 0) is 37.7 Å². The van der Waals surface area contributed by atoms with Gasteiger partial charge in [0.1, 0.15) is 5.69 Å². The highest BCUT2D eigenvalue weighted by Crippen LogP contribution is 2.20. The molecule has 118 valence electrons. The fraction of sp³-hybridized carbons (Fsp3) is 0.667. The first-order valence-electron chi connectivity index (χ1n) is 7.32. The van der Waals surface area contributed by atoms with Crippen molar-refractivity contribution in [3.8, 4) is 0 Å². The van der Waals surface area contributed by atoms with Crippen LogP contribution in [-0.2, 0) is 11.8 Å². The zero-order valence-corrected chi connectivity index (χ0v) is 13.2. The van der Waals surface area contributed by atoms with Crippen LogP contribution in [0.2, 0.25) is 0 Å². The SMILES string of the molecule is Cc1cc(C(=O)NCCC(CCC(=O)O)C(C)C)n(C)n1. The van der Waals surface area contributed by atoms with Gasteiger partial charge < -0.3 is 10.4 Å². The second-order valence-corrected chi connectivity index (χ2v) is 5.78. The van der Waals surface area contributed by atoms with Gasteiger partial charge in [0.2, 0.25) is 0 Å². The number of hydrogen-bond donors (Lipinski definition) is 2. The van der Waals surface area contributed by atoms with Crippen molar-refractivity contribution in [2.24, 2.45) is 18.9 Å². The Bertz CT molecular complexity index is 494. The number of carboxylic acid groups (broad SMARTS) is 1. The van der Waals surface area contributed by atoms with Crippen molar-refractivity contribution >= 4 is 11.9 Å². The molecule has 1 unspecified atom stereocenters. The van der Waals surface area contributed by atoms with Crippen molar-refractivity contribution in [1.82, 2.24) is 15.1 Å². The molecule has 1 amide bonds. The first kappa shape index (κ1) is 17.2. The molecule has 0 radical (unpaired) electrons. The largest absolute Gasteiger partial charge is 0.481 e. The van der Waals surface area contributed by atoms with Crippen molar-refractivity contribution in [3.63, 3.8) is 0 Å². The van der Waals surface area contributed by atoms with Crippen LogP contribution >= 0.6 is 0 Å². The molecule has 0 saturated heterocycles. The standard InChI is InChI=1S/C15H25N3O3/c1-10(2)12(5-6-14(19)20)7-8-16-15(21)13-9-11(3)17-18(13)4/h9-10,12H,5-8H2,1-4H3,(H,16,21)(H,19,20). The number of aliphatic carboxylic acids is 1. The minimum absolute atomic E-state index is 0.140. The van der Waals surface area contributed by atoms with Crippen LogP contribution in [0.15, 0.2) is 6.07 Å². The highest BCUT2D eigenvalue weighted by atomic mass is 16.4. The van der Waals surface area contributed by atoms with Crippen molar-refractivity contribution in [2.75, 3.05) is 6.54 Å². The van der Waals surface area contributed by atoms with Crippen LogP contribution in [0.5, 0.6) is 0 Å². The summed E-state index contributed by atoms with van der Waals surface area (Å²) >= 11 is 0. The molecule has 21 heavy (non-hydrogen) atoms. The lowest BCUT2D eigenvalue weighted by Crippen LogP contribution is -2.28. The van der Waals surface area contributed by atoms with Crippen LogP contribution in [0.3, 0.4) is 0 Å². The van der Waals surface area contributed by atoms with E-state index in [0.717, 1.165) is 12.1 Å². The maximum atomic E-state index is 12.0. The number of aromatic nitrogens is 2. The third-order valence-corrected chi connectivity index (χ3v) is 3.71. The molecule has 1 aromatic rings. The molecule has 0 fully saturated rings. The van der Waals surface area contributed by atoms with E-state index >= 15 is 0 Å². The average molecular weight is 295 g/mol. The van der Waals surface area contributed by atoms with Gasteiger partial charge in [0.05, 0.1) is 5.69 Å². The van der Waals surface area contributed by atoms with E-state index in [4.69, 9.17) is 5.11 Å². The van der Waals surface area contributed by atoms with E-state index in [-0.39, 0.29) is 12.3 Å². The van der Waals surface area contributed by atoms with Crippen LogP contribution in [0.25, 0.3) is 0 Å². The summed E-state index contributed by atoms with van der Waals surface area (Å²) in [6.45, 7) is 6.56. The molecule has 0 aliphatic carbocycles. The van der Waals surface area contributed by atoms with Crippen molar-refractivity contribution in [1.29, 1.82) is 0 Å². The highest BCUT2D eigenvalue weighted by Gasteiger charge is 2.16. The zero-order valence-electron chi connectivity index (χ0n) is 13.2. The zero-order chi connectivity index (χ0) is 16.0. The maximum absolute atomic E-state index is 12.0. The van der Waals surface area contributed by atoms with Crippen LogP contribution in [0.4, 0.5) is 0 Å². The summed E-state index contributed by atoms with van der Waals surface area (Å²) < 4.78 is 1.56. The van der Waals surface area contributed by atoms with Gasteiger partial charge in [0.25, 0.3) is 5.91 Å². The summed E-state index contributed by atoms with van der Waals surface area (Å²) in [4.78, 5) is 22.7. The van der Waals surface area contributed by atoms with Crippen LogP contribution in [-0.4, -0.2) is 33.3 Å². The number of rotatable bonds is 8. The summed E-state index contributed by atoms with van der Waals surface area (Å²) in [5, 5.41) is 15.8. The molecule has 1 rings (SSSR count). The van der Waals surface area contributed by atoms with Crippen LogP contribution in [0, 0.1) is 18.8 Å². The van der Waals surface area contributed by atoms with Crippen molar-refractivity contribution in [3.05, 3.63) is 17.5 Å². The van der Waals surface area contributed by atoms with E-state index in [9.17, 15) is 9.59 Å². The number of nitrogens with zero attached hydrogens (tertiary/aromatic N) is 2. The third kappa shape index (κ3) is 5.57. The Kier molecular flexibility index (Phi) is 6.39. The first-order chi connectivity index (χ1) is 9.81. The van der Waals surface area contributed by atoms with Gasteiger partial charge in [-0.3, -0.25) is 14.3 Å². The van der Waals surface area contributed by atoms with Gasteiger partial charge in [-0.25, -0.2) is 0 Å². The minimum atomic E-state index is -0.768. The highest BCUT2D eigenvalue weighted by molar-refractivity contribution is 5.92. The number of carbonyl (C=O) groups is 2. The number of hydrogen-bond acceptors (Lipinski definition) is 3. The maximum Gasteiger partial charge on any atom is 0.303 e. The number of carboxylic acids is 1. The molecule has 1 aromatic heterocycles. The van der Waals surface area contributed by atoms with E-state index in [1.807, 2.05) is 6.92 Å². The van der Waals surface area contributed by atoms with Gasteiger partial charge in [-0.15, -0.1) is 0 Å². The lowest BCUT2D eigenvalue weighted by molar-refractivity contribution is -0.137. The molecular weight excluding hydrogens is 270 g/mol. The lowest BCUT2D eigenvalue weighted by atomic mass is 9.88. The number of carbonyl (C=O) groups excluding carboxylic acids is 1. The van der Waals surface area contributed by atoms with Gasteiger partial charge in [0.15, 0.2) is 0 Å². The smallest absolute Gasteiger partial charge is 0.303 e. The van der Waals surface area contributed by atoms with Gasteiger partial charge in [-0.1, -0.05) is 13.8 Å². The minimum Gasteiger partial charge on any atom is -0.481 e. The molecule has 0 aliphatic heterocycles. The molecule has 1 atom stereocenters. The van der Waals surface area contributed by atoms with E-state index in [1.165, 1.54) is 0 Å². The lowest BCUT2D eigenvalue weighted by Gasteiger charge is -2.20. The monoisotopic (exact) mass is 295 g/mol. The Morgan fingerprint density at radius 1 is 1.38 bits per heavy atom. The molecular formula is C15H25N3O3. The van der Waals surface area contributed by atoms with E-state index < -0.39 is 5.97 Å². The second-order valence-electron chi connectivity index (χ2n) is 5.78. The number of nitrogens with one attached hydrogen (secondary N) is 1. The molecule has 0 aliphatic rings. The van der Waals surface area contributed by atoms with Crippen molar-refractivity contribution < 1.29 is 14.7 Å². The summed E-state index contributed by atoms with van der Waals surface area (Å²) in [5.74, 6) is -0.205. The molecule has 0 aromatic carbocycles. The van der Waals surface area contributed by atoms with Gasteiger partial charge in [0, 0.05) is 20.0 Å². The number of amides is 1. The Labute approximate surface area is 125 Å². The predicted molar refractivity (Wildman–Crippen MR) is 80.1 cm³/mol. The van der Waals surface area contributed by atoms with Gasteiger partial charge >= 0.3 is 5.97 Å². The van der Waals surface area contributed by atoms with Crippen LogP contribution < -0.4 is 5.32 Å². The average Bonchev–Trinajstić information content (AvgIpc) is 2.71. The van der Waals surface area contributed by atoms with Crippen LogP contribution in [0.1, 0.15) is 49.3 Å². The summed E-state index contributed by atoms with van der Waals surface area (Å²) in [6, 6.07) is 1.75. The molecule has 0 saturated carbocycles. The molecule has 0 bridgehead atoms. The van der Waals surface area contributed by atoms with E-state index in [0.29, 0.717) is 30.5 Å². The van der Waals surface area contributed by atoms with Crippen molar-refractivity contribution in [2.45, 2.75) is 40.0 Å². The fourth-order valence-corrected chi connectivity index (χ4v) is 2.40. The quantitative estimate of drug-likeness (QED) is 0.768. The first-order valence-corrected chi connectivity index (χ1v) is 7.32. The third-order valence-electron chi connectivity index (χ3n) is 3.71. The molecule has 0 spiro atoms. The second kappa shape index (κ2) is 7.81. The summed E-state index contributed by atoms with van der Waals surface area (Å²) in [7, 11) is 1.74. The Balaban J connectivity index is 2.44. The Hall–Kier alpha value is -1.85. The Morgan fingerprint density at radius 3 is 2.52 bits per heavy atom. The fourth-order valence-electron chi connectivity index (χ4n) is 2.40. The molecule has 1 heterocycles. The molecule has 6 heteroatoms.